The van der Waals surface area contributed by atoms with Gasteiger partial charge in [0.15, 0.2) is 11.5 Å². The Morgan fingerprint density at radius 1 is 0.964 bits per heavy atom. The molecule has 1 unspecified atom stereocenters. The lowest BCUT2D eigenvalue weighted by molar-refractivity contribution is -0.0345. The van der Waals surface area contributed by atoms with Crippen LogP contribution in [0.1, 0.15) is 47.6 Å². The van der Waals surface area contributed by atoms with Gasteiger partial charge in [-0.1, -0.05) is 24.3 Å². The first-order valence-electron chi connectivity index (χ1n) is 10.3. The molecule has 0 aromatic heterocycles. The number of aliphatic hydroxyl groups is 2. The molecule has 0 saturated carbocycles. The number of ether oxygens (including phenoxy) is 2. The van der Waals surface area contributed by atoms with Crippen molar-refractivity contribution in [3.8, 4) is 11.5 Å². The van der Waals surface area contributed by atoms with Crippen LogP contribution in [0.3, 0.4) is 0 Å². The van der Waals surface area contributed by atoms with Crippen LogP contribution in [0.5, 0.6) is 11.5 Å². The van der Waals surface area contributed by atoms with Gasteiger partial charge in [-0.05, 0) is 66.5 Å². The second kappa shape index (κ2) is 7.07. The van der Waals surface area contributed by atoms with Crippen LogP contribution in [0.25, 0.3) is 0 Å². The third-order valence-electron chi connectivity index (χ3n) is 6.53. The molecule has 5 nitrogen and oxygen atoms in total. The third-order valence-corrected chi connectivity index (χ3v) is 6.53. The molecule has 5 heteroatoms. The van der Waals surface area contributed by atoms with E-state index in [9.17, 15) is 10.2 Å². The minimum Gasteiger partial charge on any atom is -0.454 e. The summed E-state index contributed by atoms with van der Waals surface area (Å²) in [5.41, 5.74) is 3.87. The van der Waals surface area contributed by atoms with E-state index in [1.807, 2.05) is 18.2 Å². The van der Waals surface area contributed by atoms with Gasteiger partial charge in [0.2, 0.25) is 6.79 Å². The molecule has 0 amide bonds. The van der Waals surface area contributed by atoms with Crippen LogP contribution >= 0.6 is 0 Å². The summed E-state index contributed by atoms with van der Waals surface area (Å²) < 4.78 is 10.8. The minimum atomic E-state index is -0.851. The van der Waals surface area contributed by atoms with Crippen LogP contribution in [0.4, 0.5) is 0 Å². The molecular formula is C23H27NO4. The van der Waals surface area contributed by atoms with Crippen LogP contribution in [0.15, 0.2) is 36.4 Å². The van der Waals surface area contributed by atoms with Crippen molar-refractivity contribution in [2.75, 3.05) is 26.4 Å². The summed E-state index contributed by atoms with van der Waals surface area (Å²) in [5, 5.41) is 21.9. The van der Waals surface area contributed by atoms with E-state index < -0.39 is 11.7 Å². The number of piperidine rings is 1. The zero-order valence-electron chi connectivity index (χ0n) is 16.1. The number of hydrogen-bond donors (Lipinski definition) is 2. The number of nitrogens with zero attached hydrogens (tertiary/aromatic N) is 1. The molecule has 0 bridgehead atoms. The van der Waals surface area contributed by atoms with Crippen molar-refractivity contribution in [2.45, 2.75) is 43.8 Å². The quantitative estimate of drug-likeness (QED) is 0.853. The van der Waals surface area contributed by atoms with Crippen LogP contribution < -0.4 is 9.47 Å². The predicted molar refractivity (Wildman–Crippen MR) is 106 cm³/mol. The SMILES string of the molecule is OC(CN1CCC(O)(c2ccc3c(c2)OCO3)CC1)c1ccc2c(c1)CCC2. The molecular weight excluding hydrogens is 354 g/mol. The first-order chi connectivity index (χ1) is 13.6. The van der Waals surface area contributed by atoms with Crippen LogP contribution in [-0.4, -0.2) is 41.5 Å². The van der Waals surface area contributed by atoms with Gasteiger partial charge in [-0.15, -0.1) is 0 Å². The summed E-state index contributed by atoms with van der Waals surface area (Å²) in [6, 6.07) is 12.1. The molecule has 0 radical (unpaired) electrons. The fourth-order valence-electron chi connectivity index (χ4n) is 4.73. The zero-order valence-corrected chi connectivity index (χ0v) is 16.1. The van der Waals surface area contributed by atoms with Crippen molar-refractivity contribution < 1.29 is 19.7 Å². The Morgan fingerprint density at radius 3 is 2.61 bits per heavy atom. The summed E-state index contributed by atoms with van der Waals surface area (Å²) in [6.07, 6.45) is 4.31. The van der Waals surface area contributed by atoms with Gasteiger partial charge < -0.3 is 24.6 Å². The Hall–Kier alpha value is -2.08. The van der Waals surface area contributed by atoms with E-state index in [2.05, 4.69) is 23.1 Å². The van der Waals surface area contributed by atoms with Crippen molar-refractivity contribution in [2.24, 2.45) is 0 Å². The van der Waals surface area contributed by atoms with E-state index in [0.717, 1.165) is 42.8 Å². The van der Waals surface area contributed by atoms with Crippen molar-refractivity contribution in [1.29, 1.82) is 0 Å². The molecule has 2 aromatic rings. The van der Waals surface area contributed by atoms with Gasteiger partial charge in [-0.2, -0.15) is 0 Å². The highest BCUT2D eigenvalue weighted by Gasteiger charge is 2.35. The van der Waals surface area contributed by atoms with E-state index in [4.69, 9.17) is 9.47 Å². The summed E-state index contributed by atoms with van der Waals surface area (Å²) >= 11 is 0. The Balaban J connectivity index is 1.22. The normalized spacial score (nSPS) is 21.5. The number of aliphatic hydroxyl groups excluding tert-OH is 1. The summed E-state index contributed by atoms with van der Waals surface area (Å²) in [6.45, 7) is 2.36. The lowest BCUT2D eigenvalue weighted by Gasteiger charge is -2.39. The van der Waals surface area contributed by atoms with Gasteiger partial charge in [-0.25, -0.2) is 0 Å². The van der Waals surface area contributed by atoms with Crippen LogP contribution in [0.2, 0.25) is 0 Å². The fourth-order valence-corrected chi connectivity index (χ4v) is 4.73. The van der Waals surface area contributed by atoms with Crippen molar-refractivity contribution in [3.63, 3.8) is 0 Å². The number of hydrogen-bond acceptors (Lipinski definition) is 5. The van der Waals surface area contributed by atoms with Gasteiger partial charge in [0, 0.05) is 19.6 Å². The molecule has 28 heavy (non-hydrogen) atoms. The van der Waals surface area contributed by atoms with Crippen molar-refractivity contribution >= 4 is 0 Å². The monoisotopic (exact) mass is 381 g/mol. The summed E-state index contributed by atoms with van der Waals surface area (Å²) in [4.78, 5) is 2.25. The molecule has 2 N–H and O–H groups in total. The highest BCUT2D eigenvalue weighted by molar-refractivity contribution is 5.46. The van der Waals surface area contributed by atoms with Gasteiger partial charge >= 0.3 is 0 Å². The standard InChI is InChI=1S/C23H27NO4/c25-20(18-5-4-16-2-1-3-17(16)12-18)14-24-10-8-23(26,9-11-24)19-6-7-21-22(13-19)28-15-27-21/h4-7,12-13,20,25-26H,1-3,8-11,14-15H2. The second-order valence-electron chi connectivity index (χ2n) is 8.30. The Morgan fingerprint density at radius 2 is 1.75 bits per heavy atom. The van der Waals surface area contributed by atoms with Gasteiger partial charge in [0.1, 0.15) is 0 Å². The predicted octanol–water partition coefficient (Wildman–Crippen LogP) is 2.92. The molecule has 2 heterocycles. The average molecular weight is 381 g/mol. The Kier molecular flexibility index (Phi) is 4.54. The molecule has 5 rings (SSSR count). The molecule has 148 valence electrons. The smallest absolute Gasteiger partial charge is 0.231 e. The summed E-state index contributed by atoms with van der Waals surface area (Å²) in [7, 11) is 0. The lowest BCUT2D eigenvalue weighted by atomic mass is 9.84. The molecule has 3 aliphatic rings. The fraction of sp³-hybridized carbons (Fsp3) is 0.478. The number of β-amino-alcohol motifs (C(OH)–C–C–N with tert-alkyl or cyclic N) is 1. The highest BCUT2D eigenvalue weighted by atomic mass is 16.7. The molecule has 0 spiro atoms. The first-order valence-corrected chi connectivity index (χ1v) is 10.3. The van der Waals surface area contributed by atoms with Gasteiger partial charge in [0.25, 0.3) is 0 Å². The number of likely N-dealkylation sites (tertiary alicyclic amines) is 1. The summed E-state index contributed by atoms with van der Waals surface area (Å²) in [5.74, 6) is 1.45. The maximum absolute atomic E-state index is 11.2. The zero-order chi connectivity index (χ0) is 19.1. The molecule has 1 fully saturated rings. The molecule has 1 atom stereocenters. The van der Waals surface area contributed by atoms with Crippen LogP contribution in [-0.2, 0) is 18.4 Å². The average Bonchev–Trinajstić information content (AvgIpc) is 3.37. The molecule has 1 aliphatic carbocycles. The first kappa shape index (κ1) is 18.0. The van der Waals surface area contributed by atoms with E-state index in [-0.39, 0.29) is 6.79 Å². The van der Waals surface area contributed by atoms with E-state index >= 15 is 0 Å². The second-order valence-corrected chi connectivity index (χ2v) is 8.30. The van der Waals surface area contributed by atoms with E-state index in [1.165, 1.54) is 17.5 Å². The van der Waals surface area contributed by atoms with Crippen LogP contribution in [0, 0.1) is 0 Å². The van der Waals surface area contributed by atoms with Gasteiger partial charge in [-0.3, -0.25) is 0 Å². The molecule has 2 aliphatic heterocycles. The van der Waals surface area contributed by atoms with E-state index in [0.29, 0.717) is 25.1 Å². The maximum Gasteiger partial charge on any atom is 0.231 e. The minimum absolute atomic E-state index is 0.242. The lowest BCUT2D eigenvalue weighted by Crippen LogP contribution is -2.43. The Bertz CT molecular complexity index is 873. The number of benzene rings is 2. The number of fused-ring (bicyclic) bond motifs is 2. The largest absolute Gasteiger partial charge is 0.454 e. The third kappa shape index (κ3) is 3.28. The number of rotatable bonds is 4. The maximum atomic E-state index is 11.2. The topological polar surface area (TPSA) is 62.2 Å². The Labute approximate surface area is 165 Å². The van der Waals surface area contributed by atoms with E-state index in [1.54, 1.807) is 0 Å². The van der Waals surface area contributed by atoms with Crippen molar-refractivity contribution in [1.82, 2.24) is 4.90 Å². The van der Waals surface area contributed by atoms with Gasteiger partial charge in [0.05, 0.1) is 11.7 Å². The molecule has 1 saturated heterocycles. The van der Waals surface area contributed by atoms with Crippen molar-refractivity contribution in [3.05, 3.63) is 58.7 Å². The molecule has 2 aromatic carbocycles. The number of aryl methyl sites for hydroxylation is 2. The highest BCUT2D eigenvalue weighted by Crippen LogP contribution is 2.39.